The highest BCUT2D eigenvalue weighted by atomic mass is 35.5. The molecular formula is C16H23ClN2. The van der Waals surface area contributed by atoms with Gasteiger partial charge in [0.15, 0.2) is 0 Å². The van der Waals surface area contributed by atoms with Gasteiger partial charge in [0.25, 0.3) is 0 Å². The van der Waals surface area contributed by atoms with E-state index in [1.807, 2.05) is 6.07 Å². The van der Waals surface area contributed by atoms with Crippen molar-refractivity contribution >= 4 is 11.6 Å². The quantitative estimate of drug-likeness (QED) is 0.913. The van der Waals surface area contributed by atoms with Gasteiger partial charge in [0, 0.05) is 30.2 Å². The zero-order valence-corrected chi connectivity index (χ0v) is 12.4. The van der Waals surface area contributed by atoms with E-state index in [2.05, 4.69) is 35.3 Å². The summed E-state index contributed by atoms with van der Waals surface area (Å²) in [7, 11) is 0. The first-order chi connectivity index (χ1) is 9.22. The van der Waals surface area contributed by atoms with E-state index >= 15 is 0 Å². The topological polar surface area (TPSA) is 15.3 Å². The number of halogens is 1. The summed E-state index contributed by atoms with van der Waals surface area (Å²) in [5.74, 6) is 0.923. The van der Waals surface area contributed by atoms with Crippen LogP contribution in [0.15, 0.2) is 24.3 Å². The molecule has 104 valence electrons. The minimum Gasteiger partial charge on any atom is -0.312 e. The van der Waals surface area contributed by atoms with Gasteiger partial charge in [0.05, 0.1) is 0 Å². The highest BCUT2D eigenvalue weighted by Crippen LogP contribution is 2.34. The van der Waals surface area contributed by atoms with Gasteiger partial charge in [0.1, 0.15) is 0 Å². The van der Waals surface area contributed by atoms with Gasteiger partial charge in [-0.1, -0.05) is 23.7 Å². The second-order valence-corrected chi connectivity index (χ2v) is 6.53. The molecule has 1 saturated carbocycles. The lowest BCUT2D eigenvalue weighted by molar-refractivity contribution is 0.191. The van der Waals surface area contributed by atoms with Crippen LogP contribution in [-0.2, 0) is 6.54 Å². The van der Waals surface area contributed by atoms with Gasteiger partial charge in [-0.15, -0.1) is 0 Å². The van der Waals surface area contributed by atoms with Gasteiger partial charge >= 0.3 is 0 Å². The molecule has 0 amide bonds. The van der Waals surface area contributed by atoms with Crippen molar-refractivity contribution < 1.29 is 0 Å². The number of rotatable bonds is 3. The molecule has 2 aliphatic rings. The van der Waals surface area contributed by atoms with E-state index < -0.39 is 0 Å². The Morgan fingerprint density at radius 3 is 2.89 bits per heavy atom. The van der Waals surface area contributed by atoms with E-state index in [0.29, 0.717) is 12.1 Å². The van der Waals surface area contributed by atoms with Crippen LogP contribution in [0.2, 0.25) is 5.02 Å². The number of nitrogens with zero attached hydrogens (tertiary/aromatic N) is 1. The summed E-state index contributed by atoms with van der Waals surface area (Å²) >= 11 is 6.09. The van der Waals surface area contributed by atoms with Gasteiger partial charge in [-0.05, 0) is 56.3 Å². The first kappa shape index (κ1) is 13.4. The third kappa shape index (κ3) is 3.50. The van der Waals surface area contributed by atoms with Crippen molar-refractivity contribution in [2.24, 2.45) is 5.92 Å². The first-order valence-corrected chi connectivity index (χ1v) is 7.82. The fourth-order valence-corrected chi connectivity index (χ4v) is 3.27. The Morgan fingerprint density at radius 2 is 2.16 bits per heavy atom. The van der Waals surface area contributed by atoms with Crippen LogP contribution < -0.4 is 5.32 Å². The molecule has 1 N–H and O–H groups in total. The molecular weight excluding hydrogens is 256 g/mol. The van der Waals surface area contributed by atoms with Crippen LogP contribution in [0.3, 0.4) is 0 Å². The predicted octanol–water partition coefficient (Wildman–Crippen LogP) is 3.30. The van der Waals surface area contributed by atoms with Crippen molar-refractivity contribution in [3.05, 3.63) is 34.9 Å². The molecule has 1 aliphatic heterocycles. The lowest BCUT2D eigenvalue weighted by Gasteiger charge is -2.29. The monoisotopic (exact) mass is 278 g/mol. The van der Waals surface area contributed by atoms with E-state index in [1.165, 1.54) is 31.4 Å². The molecule has 2 unspecified atom stereocenters. The maximum absolute atomic E-state index is 6.09. The van der Waals surface area contributed by atoms with Crippen LogP contribution in [0.25, 0.3) is 0 Å². The first-order valence-electron chi connectivity index (χ1n) is 7.44. The van der Waals surface area contributed by atoms with Crippen molar-refractivity contribution in [3.8, 4) is 0 Å². The molecule has 0 bridgehead atoms. The Hall–Kier alpha value is -0.570. The third-order valence-electron chi connectivity index (χ3n) is 4.49. The van der Waals surface area contributed by atoms with Crippen molar-refractivity contribution in [2.45, 2.75) is 44.8 Å². The molecule has 1 heterocycles. The Bertz CT molecular complexity index is 431. The van der Waals surface area contributed by atoms with Crippen molar-refractivity contribution in [1.82, 2.24) is 10.2 Å². The molecule has 3 rings (SSSR count). The lowest BCUT2D eigenvalue weighted by Crippen LogP contribution is -2.40. The SMILES string of the molecule is CC1CCNC(C2CC2)CN1Cc1cccc(Cl)c1. The van der Waals surface area contributed by atoms with Gasteiger partial charge in [0.2, 0.25) is 0 Å². The molecule has 1 saturated heterocycles. The summed E-state index contributed by atoms with van der Waals surface area (Å²) in [5.41, 5.74) is 1.33. The van der Waals surface area contributed by atoms with Crippen LogP contribution in [0.4, 0.5) is 0 Å². The van der Waals surface area contributed by atoms with Crippen LogP contribution >= 0.6 is 11.6 Å². The lowest BCUT2D eigenvalue weighted by atomic mass is 10.1. The fraction of sp³-hybridized carbons (Fsp3) is 0.625. The molecule has 2 nitrogen and oxygen atoms in total. The van der Waals surface area contributed by atoms with Crippen LogP contribution in [0, 0.1) is 5.92 Å². The summed E-state index contributed by atoms with van der Waals surface area (Å²) in [5, 5.41) is 4.58. The van der Waals surface area contributed by atoms with Crippen LogP contribution in [0.1, 0.15) is 31.7 Å². The van der Waals surface area contributed by atoms with Gasteiger partial charge in [-0.3, -0.25) is 4.90 Å². The number of benzene rings is 1. The minimum absolute atomic E-state index is 0.648. The molecule has 3 heteroatoms. The van der Waals surface area contributed by atoms with E-state index in [4.69, 9.17) is 11.6 Å². The minimum atomic E-state index is 0.648. The fourth-order valence-electron chi connectivity index (χ4n) is 3.06. The van der Waals surface area contributed by atoms with Crippen LogP contribution in [0.5, 0.6) is 0 Å². The van der Waals surface area contributed by atoms with E-state index in [-0.39, 0.29) is 0 Å². The van der Waals surface area contributed by atoms with Crippen molar-refractivity contribution in [3.63, 3.8) is 0 Å². The van der Waals surface area contributed by atoms with Crippen LogP contribution in [-0.4, -0.2) is 30.1 Å². The molecule has 1 aromatic carbocycles. The predicted molar refractivity (Wildman–Crippen MR) is 80.5 cm³/mol. The Morgan fingerprint density at radius 1 is 1.32 bits per heavy atom. The molecule has 0 radical (unpaired) electrons. The Kier molecular flexibility index (Phi) is 4.11. The summed E-state index contributed by atoms with van der Waals surface area (Å²) < 4.78 is 0. The van der Waals surface area contributed by atoms with Gasteiger partial charge in [-0.25, -0.2) is 0 Å². The molecule has 1 aromatic rings. The number of hydrogen-bond donors (Lipinski definition) is 1. The zero-order chi connectivity index (χ0) is 13.2. The average Bonchev–Trinajstić information content (AvgIpc) is 3.19. The highest BCUT2D eigenvalue weighted by Gasteiger charge is 2.34. The zero-order valence-electron chi connectivity index (χ0n) is 11.6. The normalized spacial score (nSPS) is 29.2. The summed E-state index contributed by atoms with van der Waals surface area (Å²) in [6.07, 6.45) is 4.07. The molecule has 19 heavy (non-hydrogen) atoms. The van der Waals surface area contributed by atoms with E-state index in [0.717, 1.165) is 24.0 Å². The van der Waals surface area contributed by atoms with Gasteiger partial charge in [-0.2, -0.15) is 0 Å². The summed E-state index contributed by atoms with van der Waals surface area (Å²) in [6, 6.07) is 9.63. The van der Waals surface area contributed by atoms with Gasteiger partial charge < -0.3 is 5.32 Å². The average molecular weight is 279 g/mol. The molecule has 0 spiro atoms. The second-order valence-electron chi connectivity index (χ2n) is 6.10. The molecule has 2 fully saturated rings. The summed E-state index contributed by atoms with van der Waals surface area (Å²) in [6.45, 7) is 5.71. The maximum Gasteiger partial charge on any atom is 0.0409 e. The maximum atomic E-state index is 6.09. The Balaban J connectivity index is 1.69. The largest absolute Gasteiger partial charge is 0.312 e. The van der Waals surface area contributed by atoms with E-state index in [1.54, 1.807) is 0 Å². The molecule has 2 atom stereocenters. The third-order valence-corrected chi connectivity index (χ3v) is 4.72. The second kappa shape index (κ2) is 5.82. The van der Waals surface area contributed by atoms with Crippen molar-refractivity contribution in [2.75, 3.05) is 13.1 Å². The smallest absolute Gasteiger partial charge is 0.0409 e. The Labute approximate surface area is 121 Å². The standard InChI is InChI=1S/C16H23ClN2/c1-12-7-8-18-16(14-5-6-14)11-19(12)10-13-3-2-4-15(17)9-13/h2-4,9,12,14,16,18H,5-8,10-11H2,1H3. The highest BCUT2D eigenvalue weighted by molar-refractivity contribution is 6.30. The van der Waals surface area contributed by atoms with Crippen molar-refractivity contribution in [1.29, 1.82) is 0 Å². The molecule has 0 aromatic heterocycles. The molecule has 1 aliphatic carbocycles. The number of nitrogens with one attached hydrogen (secondary N) is 1. The summed E-state index contributed by atoms with van der Waals surface area (Å²) in [4.78, 5) is 2.62. The number of hydrogen-bond acceptors (Lipinski definition) is 2. The van der Waals surface area contributed by atoms with E-state index in [9.17, 15) is 0 Å².